The van der Waals surface area contributed by atoms with Crippen LogP contribution in [0.3, 0.4) is 0 Å². The number of phenolic OH excluding ortho intramolecular Hbond substituents is 1. The van der Waals surface area contributed by atoms with Crippen LogP contribution in [0.25, 0.3) is 10.9 Å². The molecule has 15 amide bonds. The standard InChI is InChI=1S/C92H120FN17O18S/c1-9-10-27-74-91(126)110-41-20-29-73(110)86(121)103-70(50-128-53-111)84(119)105-79(55(4)5)92(127)107(7)75(45-56-21-13-11-14-22-56)87(122)99-65(38-39-94)89(124)109-40-19-28-72(109)85(120)102-68(47-60-48-96-64-26-18-17-25-63(60)64)83(118)101-67(43-59-32-36-62(112)37-33-59)82(117)100-66(42-54(2)3)81(116)104-71(80(115)97-49-77(95)113)51-129-52-78(114)98-69(44-58-30-34-61(93)35-31-58)88(123)108(8)76(90(125)106(74)6)46-57-23-15-12-16-24-57/h11-18,21-26,30-37,48,53-55,65-76,79,96,112H,9-10,19-20,27-29,38-47,49-52,94H2,1-8H3,(H2,95,113)(H,97,115)(H,98,114)(H,99,122)(H,100,117)(H,101,118)(H,102,120)(H,103,121)(H,104,116)(H,105,119)/t65-,66-,67-,68-,69-,70-,71-,72+,73+,74-,75-,76-,79-/m0/s1. The summed E-state index contributed by atoms with van der Waals surface area (Å²) in [5.41, 5.74) is 14.8. The Morgan fingerprint density at radius 2 is 1.05 bits per heavy atom. The normalized spacial score (nSPS) is 23.9. The third kappa shape index (κ3) is 28.1. The van der Waals surface area contributed by atoms with Crippen molar-refractivity contribution in [2.24, 2.45) is 23.3 Å². The van der Waals surface area contributed by atoms with Crippen molar-refractivity contribution in [3.8, 4) is 5.75 Å². The molecule has 5 aromatic carbocycles. The number of para-hydroxylation sites is 1. The van der Waals surface area contributed by atoms with Crippen LogP contribution in [0.4, 0.5) is 4.39 Å². The zero-order valence-electron chi connectivity index (χ0n) is 73.9. The molecule has 15 N–H and O–H groups in total. The predicted octanol–water partition coefficient (Wildman–Crippen LogP) is 1.63. The highest BCUT2D eigenvalue weighted by molar-refractivity contribution is 8.00. The average Bonchev–Trinajstić information content (AvgIpc) is 1.79. The van der Waals surface area contributed by atoms with Crippen molar-refractivity contribution >= 4 is 118 Å². The van der Waals surface area contributed by atoms with Crippen LogP contribution in [0.2, 0.25) is 0 Å². The number of aromatic amines is 1. The van der Waals surface area contributed by atoms with Crippen LogP contribution in [0.1, 0.15) is 120 Å². The van der Waals surface area contributed by atoms with Crippen molar-refractivity contribution in [3.05, 3.63) is 173 Å². The first-order valence-electron chi connectivity index (χ1n) is 43.6. The molecule has 0 unspecified atom stereocenters. The lowest BCUT2D eigenvalue weighted by Crippen LogP contribution is -2.62. The molecule has 0 aliphatic carbocycles. The summed E-state index contributed by atoms with van der Waals surface area (Å²) in [5.74, 6) is -15.6. The summed E-state index contributed by atoms with van der Waals surface area (Å²) in [6.07, 6.45) is 1.92. The Bertz CT molecular complexity index is 4920. The monoisotopic (exact) mass is 1800 g/mol. The molecular formula is C92H120FN17O18S. The van der Waals surface area contributed by atoms with E-state index in [2.05, 4.69) is 52.8 Å². The number of nitrogens with two attached hydrogens (primary N) is 2. The second-order valence-corrected chi connectivity index (χ2v) is 34.6. The van der Waals surface area contributed by atoms with Gasteiger partial charge in [0.25, 0.3) is 6.47 Å². The van der Waals surface area contributed by atoms with Crippen molar-refractivity contribution in [1.82, 2.24) is 77.3 Å². The molecule has 694 valence electrons. The molecule has 3 aliphatic rings. The molecule has 6 aromatic rings. The fraction of sp³-hybridized carbons (Fsp3) is 0.478. The number of nitrogens with zero attached hydrogens (tertiary/aromatic N) is 5. The van der Waals surface area contributed by atoms with Crippen molar-refractivity contribution in [2.75, 3.05) is 65.4 Å². The first kappa shape index (κ1) is 100.0. The van der Waals surface area contributed by atoms with E-state index in [0.717, 1.165) is 33.7 Å². The van der Waals surface area contributed by atoms with Gasteiger partial charge in [0.2, 0.25) is 88.6 Å². The number of hydrogen-bond donors (Lipinski definition) is 13. The number of rotatable bonds is 24. The summed E-state index contributed by atoms with van der Waals surface area (Å²) in [4.78, 5) is 246. The van der Waals surface area contributed by atoms with Gasteiger partial charge in [-0.15, -0.1) is 11.8 Å². The molecule has 3 aliphatic heterocycles. The van der Waals surface area contributed by atoms with Crippen LogP contribution in [0.15, 0.2) is 140 Å². The summed E-state index contributed by atoms with van der Waals surface area (Å²) in [7, 11) is 4.08. The van der Waals surface area contributed by atoms with Crippen molar-refractivity contribution in [1.29, 1.82) is 0 Å². The van der Waals surface area contributed by atoms with Crippen LogP contribution in [0.5, 0.6) is 5.75 Å². The largest absolute Gasteiger partial charge is 0.508 e. The smallest absolute Gasteiger partial charge is 0.293 e. The summed E-state index contributed by atoms with van der Waals surface area (Å²) in [5, 5.41) is 35.5. The molecule has 129 heavy (non-hydrogen) atoms. The fourth-order valence-corrected chi connectivity index (χ4v) is 17.0. The van der Waals surface area contributed by atoms with Gasteiger partial charge in [0.1, 0.15) is 96.7 Å². The lowest BCUT2D eigenvalue weighted by Gasteiger charge is -2.38. The van der Waals surface area contributed by atoms with Crippen LogP contribution < -0.4 is 59.3 Å². The van der Waals surface area contributed by atoms with Crippen LogP contribution >= 0.6 is 11.8 Å². The molecule has 4 heterocycles. The quantitative estimate of drug-likeness (QED) is 0.0383. The number of H-pyrrole nitrogens is 1. The molecule has 35 nitrogen and oxygen atoms in total. The molecule has 3 fully saturated rings. The number of carbonyl (C=O) groups is 16. The number of benzene rings is 5. The van der Waals surface area contributed by atoms with Gasteiger partial charge >= 0.3 is 0 Å². The fourth-order valence-electron chi connectivity index (χ4n) is 16.2. The van der Waals surface area contributed by atoms with E-state index < -0.39 is 204 Å². The van der Waals surface area contributed by atoms with E-state index in [9.17, 15) is 43.1 Å². The third-order valence-electron chi connectivity index (χ3n) is 23.3. The van der Waals surface area contributed by atoms with Crippen LogP contribution in [-0.2, 0) is 114 Å². The molecule has 0 spiro atoms. The number of unbranched alkanes of at least 4 members (excludes halogenated alkanes) is 1. The van der Waals surface area contributed by atoms with Gasteiger partial charge in [-0.3, -0.25) is 76.7 Å². The van der Waals surface area contributed by atoms with Gasteiger partial charge in [0, 0.05) is 89.2 Å². The van der Waals surface area contributed by atoms with Gasteiger partial charge < -0.3 is 98.6 Å². The number of thioether (sulfide) groups is 1. The first-order chi connectivity index (χ1) is 61.7. The number of likely N-dealkylation sites (N-methyl/N-ethyl adjacent to an activating group) is 3. The van der Waals surface area contributed by atoms with Gasteiger partial charge in [-0.05, 0) is 121 Å². The highest BCUT2D eigenvalue weighted by Gasteiger charge is 2.46. The molecule has 9 rings (SSSR count). The van der Waals surface area contributed by atoms with Crippen molar-refractivity contribution in [3.63, 3.8) is 0 Å². The van der Waals surface area contributed by atoms with Crippen LogP contribution in [-0.4, -0.2) is 274 Å². The number of hydrogen-bond acceptors (Lipinski definition) is 20. The van der Waals surface area contributed by atoms with Gasteiger partial charge in [0.15, 0.2) is 0 Å². The number of ether oxygens (including phenoxy) is 1. The van der Waals surface area contributed by atoms with Crippen molar-refractivity contribution in [2.45, 2.75) is 203 Å². The highest BCUT2D eigenvalue weighted by atomic mass is 32.2. The maximum Gasteiger partial charge on any atom is 0.293 e. The van der Waals surface area contributed by atoms with E-state index in [1.807, 2.05) is 6.92 Å². The third-order valence-corrected chi connectivity index (χ3v) is 24.3. The molecule has 3 saturated heterocycles. The number of aromatic nitrogens is 1. The summed E-state index contributed by atoms with van der Waals surface area (Å²) < 4.78 is 19.7. The van der Waals surface area contributed by atoms with E-state index in [4.69, 9.17) is 16.2 Å². The second-order valence-electron chi connectivity index (χ2n) is 33.6. The number of amides is 15. The summed E-state index contributed by atoms with van der Waals surface area (Å²) in [6.45, 7) is 6.98. The Morgan fingerprint density at radius 1 is 0.543 bits per heavy atom. The zero-order chi connectivity index (χ0) is 93.7. The zero-order valence-corrected chi connectivity index (χ0v) is 74.7. The molecular weight excluding hydrogens is 1680 g/mol. The molecule has 13 atom stereocenters. The van der Waals surface area contributed by atoms with Gasteiger partial charge in [-0.1, -0.05) is 151 Å². The first-order valence-corrected chi connectivity index (χ1v) is 44.7. The number of carbonyl (C=O) groups excluding carboxylic acids is 16. The van der Waals surface area contributed by atoms with E-state index in [1.165, 1.54) is 72.2 Å². The van der Waals surface area contributed by atoms with E-state index >= 15 is 43.2 Å². The number of fused-ring (bicyclic) bond motifs is 3. The lowest BCUT2D eigenvalue weighted by atomic mass is 9.98. The molecule has 0 bridgehead atoms. The summed E-state index contributed by atoms with van der Waals surface area (Å²) in [6, 6.07) is 16.1. The van der Waals surface area contributed by atoms with Gasteiger partial charge in [0.05, 0.1) is 12.3 Å². The maximum atomic E-state index is 15.7. The molecule has 0 saturated carbocycles. The molecule has 37 heteroatoms. The Balaban J connectivity index is 1.11. The molecule has 0 radical (unpaired) electrons. The SMILES string of the molecule is CCCC[C@H]1C(=O)N2CCC[C@@H]2C(=O)N[C@@H](COC=O)C(=O)N[C@@H](C(C)C)C(=O)N(C)[C@@H](Cc2ccccc2)C(=O)N[C@@H](CCN)C(=O)N2CCC[C@@H]2C(=O)N[C@@H](Cc2c[nH]c3ccccc23)C(=O)N[C@@H](Cc2ccc(O)cc2)C(=O)N[C@@H](CC(C)C)C(=O)N[C@H](C(=O)NCC(N)=O)CSCC(=O)N[C@@H](Cc2ccc(F)cc2)C(=O)N(C)[C@@H](Cc2ccccc2)C(=O)N1C. The number of aromatic hydroxyl groups is 1. The van der Waals surface area contributed by atoms with Gasteiger partial charge in [-0.25, -0.2) is 4.39 Å². The second kappa shape index (κ2) is 48.4. The van der Waals surface area contributed by atoms with E-state index in [1.54, 1.807) is 119 Å². The predicted molar refractivity (Wildman–Crippen MR) is 478 cm³/mol. The summed E-state index contributed by atoms with van der Waals surface area (Å²) >= 11 is 0.803. The highest BCUT2D eigenvalue weighted by Crippen LogP contribution is 2.28. The average molecular weight is 1800 g/mol. The molecule has 1 aromatic heterocycles. The topological polar surface area (TPSA) is 495 Å². The number of primary amides is 1. The minimum absolute atomic E-state index is 0.000375. The van der Waals surface area contributed by atoms with E-state index in [0.29, 0.717) is 51.6 Å². The number of nitrogens with one attached hydrogen (secondary N) is 10. The van der Waals surface area contributed by atoms with Crippen molar-refractivity contribution < 1.29 is 90.9 Å². The van der Waals surface area contributed by atoms with Crippen LogP contribution in [0, 0.1) is 17.7 Å². The minimum atomic E-state index is -1.71. The Kier molecular flexibility index (Phi) is 37.5. The maximum absolute atomic E-state index is 15.7. The lowest BCUT2D eigenvalue weighted by molar-refractivity contribution is -0.152. The van der Waals surface area contributed by atoms with E-state index in [-0.39, 0.29) is 115 Å². The minimum Gasteiger partial charge on any atom is -0.508 e. The number of halogens is 1. The van der Waals surface area contributed by atoms with Gasteiger partial charge in [-0.2, -0.15) is 0 Å². The Labute approximate surface area is 753 Å². The Hall–Kier alpha value is -12.8. The number of phenols is 1. The Morgan fingerprint density at radius 3 is 1.64 bits per heavy atom.